The van der Waals surface area contributed by atoms with Crippen LogP contribution in [0.4, 0.5) is 0 Å². The maximum atomic E-state index is 12.3. The molecule has 32 heavy (non-hydrogen) atoms. The molecule has 6 heteroatoms. The van der Waals surface area contributed by atoms with Crippen LogP contribution in [0.2, 0.25) is 0 Å². The van der Waals surface area contributed by atoms with E-state index in [0.29, 0.717) is 0 Å². The van der Waals surface area contributed by atoms with E-state index in [1.165, 1.54) is 5.56 Å². The summed E-state index contributed by atoms with van der Waals surface area (Å²) >= 11 is 1.70. The largest absolute Gasteiger partial charge is 0.497 e. The Morgan fingerprint density at radius 1 is 1.12 bits per heavy atom. The predicted octanol–water partition coefficient (Wildman–Crippen LogP) is 6.18. The van der Waals surface area contributed by atoms with Crippen molar-refractivity contribution >= 4 is 17.7 Å². The van der Waals surface area contributed by atoms with E-state index in [1.54, 1.807) is 18.9 Å². The van der Waals surface area contributed by atoms with E-state index in [9.17, 15) is 4.79 Å². The lowest BCUT2D eigenvalue weighted by molar-refractivity contribution is -0.156. The highest BCUT2D eigenvalue weighted by Crippen LogP contribution is 2.49. The summed E-state index contributed by atoms with van der Waals surface area (Å²) in [6.07, 6.45) is 2.95. The lowest BCUT2D eigenvalue weighted by Gasteiger charge is -2.19. The van der Waals surface area contributed by atoms with Crippen LogP contribution in [0.3, 0.4) is 0 Å². The first kappa shape index (κ1) is 22.5. The molecule has 1 aromatic heterocycles. The van der Waals surface area contributed by atoms with Gasteiger partial charge in [0.15, 0.2) is 0 Å². The van der Waals surface area contributed by atoms with Crippen molar-refractivity contribution in [3.63, 3.8) is 0 Å². The average molecular weight is 451 g/mol. The van der Waals surface area contributed by atoms with E-state index >= 15 is 0 Å². The number of methoxy groups -OCH3 is 1. The summed E-state index contributed by atoms with van der Waals surface area (Å²) in [5.74, 6) is 0.978. The Kier molecular flexibility index (Phi) is 6.33. The third kappa shape index (κ3) is 5.18. The average Bonchev–Trinajstić information content (AvgIpc) is 3.47. The number of rotatable bonds is 7. The molecular formula is C26H30N2O3S. The molecule has 0 saturated heterocycles. The predicted molar refractivity (Wildman–Crippen MR) is 127 cm³/mol. The van der Waals surface area contributed by atoms with Crippen LogP contribution in [0, 0.1) is 5.92 Å². The van der Waals surface area contributed by atoms with Crippen LogP contribution in [-0.2, 0) is 16.1 Å². The van der Waals surface area contributed by atoms with Gasteiger partial charge in [-0.25, -0.2) is 0 Å². The van der Waals surface area contributed by atoms with Crippen molar-refractivity contribution in [2.24, 2.45) is 5.92 Å². The zero-order valence-electron chi connectivity index (χ0n) is 19.3. The topological polar surface area (TPSA) is 53.4 Å². The van der Waals surface area contributed by atoms with Gasteiger partial charge in [0.05, 0.1) is 17.9 Å². The second-order valence-electron chi connectivity index (χ2n) is 9.08. The quantitative estimate of drug-likeness (QED) is 0.403. The van der Waals surface area contributed by atoms with Crippen LogP contribution in [0.25, 0.3) is 11.3 Å². The van der Waals surface area contributed by atoms with E-state index in [1.807, 2.05) is 37.6 Å². The summed E-state index contributed by atoms with van der Waals surface area (Å²) < 4.78 is 12.8. The highest BCUT2D eigenvalue weighted by Gasteiger charge is 2.46. The number of esters is 1. The second-order valence-corrected chi connectivity index (χ2v) is 10.2. The molecule has 2 aromatic carbocycles. The minimum Gasteiger partial charge on any atom is -0.497 e. The van der Waals surface area contributed by atoms with Crippen molar-refractivity contribution in [3.8, 4) is 17.0 Å². The van der Waals surface area contributed by atoms with Gasteiger partial charge in [-0.1, -0.05) is 36.0 Å². The molecule has 1 aliphatic carbocycles. The van der Waals surface area contributed by atoms with Gasteiger partial charge in [0.1, 0.15) is 17.0 Å². The molecule has 3 aromatic rings. The van der Waals surface area contributed by atoms with Crippen molar-refractivity contribution < 1.29 is 14.3 Å². The molecule has 1 fully saturated rings. The van der Waals surface area contributed by atoms with E-state index in [0.717, 1.165) is 39.8 Å². The Hall–Kier alpha value is -2.73. The first-order chi connectivity index (χ1) is 15.3. The van der Waals surface area contributed by atoms with Gasteiger partial charge in [-0.2, -0.15) is 5.10 Å². The fourth-order valence-electron chi connectivity index (χ4n) is 3.70. The minimum atomic E-state index is -0.440. The third-order valence-corrected chi connectivity index (χ3v) is 6.48. The fraction of sp³-hybridized carbons (Fsp3) is 0.385. The maximum Gasteiger partial charge on any atom is 0.310 e. The second kappa shape index (κ2) is 9.02. The van der Waals surface area contributed by atoms with Gasteiger partial charge in [0.2, 0.25) is 0 Å². The Bertz CT molecular complexity index is 1080. The third-order valence-electron chi connectivity index (χ3n) is 5.45. The van der Waals surface area contributed by atoms with E-state index in [-0.39, 0.29) is 17.8 Å². The normalized spacial score (nSPS) is 17.8. The molecule has 0 bridgehead atoms. The minimum absolute atomic E-state index is 0.0273. The SMILES string of the molecule is CCn1cc(Sc2ccc(OC)cc2)c(-c2ccc(C3CC3C(=O)OC(C)(C)C)cc2)n1. The van der Waals surface area contributed by atoms with Crippen molar-refractivity contribution in [1.29, 1.82) is 0 Å². The fourth-order valence-corrected chi connectivity index (χ4v) is 4.66. The van der Waals surface area contributed by atoms with E-state index < -0.39 is 5.60 Å². The van der Waals surface area contributed by atoms with Crippen molar-refractivity contribution in [2.45, 2.75) is 62.0 Å². The summed E-state index contributed by atoms with van der Waals surface area (Å²) in [6, 6.07) is 16.5. The van der Waals surface area contributed by atoms with Gasteiger partial charge in [0.25, 0.3) is 0 Å². The summed E-state index contributed by atoms with van der Waals surface area (Å²) in [6.45, 7) is 8.63. The van der Waals surface area contributed by atoms with E-state index in [2.05, 4.69) is 49.5 Å². The molecule has 2 unspecified atom stereocenters. The van der Waals surface area contributed by atoms with Gasteiger partial charge >= 0.3 is 5.97 Å². The Morgan fingerprint density at radius 3 is 2.41 bits per heavy atom. The van der Waals surface area contributed by atoms with Crippen LogP contribution >= 0.6 is 11.8 Å². The van der Waals surface area contributed by atoms with Gasteiger partial charge < -0.3 is 9.47 Å². The lowest BCUT2D eigenvalue weighted by Crippen LogP contribution is -2.25. The number of carbonyl (C=O) groups is 1. The zero-order chi connectivity index (χ0) is 22.9. The van der Waals surface area contributed by atoms with Crippen molar-refractivity contribution in [2.75, 3.05) is 7.11 Å². The molecule has 0 aliphatic heterocycles. The first-order valence-electron chi connectivity index (χ1n) is 11.0. The Balaban J connectivity index is 1.50. The molecule has 0 spiro atoms. The number of carbonyl (C=O) groups excluding carboxylic acids is 1. The lowest BCUT2D eigenvalue weighted by atomic mass is 10.0. The zero-order valence-corrected chi connectivity index (χ0v) is 20.1. The first-order valence-corrected chi connectivity index (χ1v) is 11.8. The standard InChI is InChI=1S/C26H30N2O3S/c1-6-28-16-23(32-20-13-11-19(30-5)12-14-20)24(27-28)18-9-7-17(8-10-18)21-15-22(21)25(29)31-26(2,3)4/h7-14,16,21-22H,6,15H2,1-5H3. The molecule has 0 radical (unpaired) electrons. The Labute approximate surface area is 194 Å². The number of hydrogen-bond donors (Lipinski definition) is 0. The molecule has 1 aliphatic rings. The molecular weight excluding hydrogens is 420 g/mol. The highest BCUT2D eigenvalue weighted by molar-refractivity contribution is 7.99. The number of aryl methyl sites for hydroxylation is 1. The van der Waals surface area contributed by atoms with Gasteiger partial charge in [-0.3, -0.25) is 9.48 Å². The number of benzene rings is 2. The molecule has 0 amide bonds. The molecule has 1 saturated carbocycles. The number of ether oxygens (including phenoxy) is 2. The highest BCUT2D eigenvalue weighted by atomic mass is 32.2. The van der Waals surface area contributed by atoms with E-state index in [4.69, 9.17) is 14.6 Å². The van der Waals surface area contributed by atoms with Gasteiger partial charge in [-0.15, -0.1) is 0 Å². The van der Waals surface area contributed by atoms with Crippen LogP contribution in [0.5, 0.6) is 5.75 Å². The van der Waals surface area contributed by atoms with Crippen LogP contribution in [-0.4, -0.2) is 28.5 Å². The summed E-state index contributed by atoms with van der Waals surface area (Å²) in [4.78, 5) is 14.6. The molecule has 168 valence electrons. The Morgan fingerprint density at radius 2 is 1.81 bits per heavy atom. The smallest absolute Gasteiger partial charge is 0.310 e. The molecule has 0 N–H and O–H groups in total. The maximum absolute atomic E-state index is 12.3. The van der Waals surface area contributed by atoms with Crippen LogP contribution in [0.1, 0.15) is 45.6 Å². The molecule has 4 rings (SSSR count). The van der Waals surface area contributed by atoms with Crippen molar-refractivity contribution in [1.82, 2.24) is 9.78 Å². The molecule has 2 atom stereocenters. The van der Waals surface area contributed by atoms with Gasteiger partial charge in [-0.05, 0) is 69.9 Å². The summed E-state index contributed by atoms with van der Waals surface area (Å²) in [7, 11) is 1.67. The number of nitrogens with zero attached hydrogens (tertiary/aromatic N) is 2. The number of hydrogen-bond acceptors (Lipinski definition) is 5. The van der Waals surface area contributed by atoms with Crippen LogP contribution in [0.15, 0.2) is 64.5 Å². The monoisotopic (exact) mass is 450 g/mol. The van der Waals surface area contributed by atoms with Crippen LogP contribution < -0.4 is 4.74 Å². The molecule has 5 nitrogen and oxygen atoms in total. The molecule has 1 heterocycles. The number of aromatic nitrogens is 2. The summed E-state index contributed by atoms with van der Waals surface area (Å²) in [5, 5.41) is 4.80. The van der Waals surface area contributed by atoms with Gasteiger partial charge in [0, 0.05) is 23.2 Å². The summed E-state index contributed by atoms with van der Waals surface area (Å²) in [5.41, 5.74) is 2.79. The van der Waals surface area contributed by atoms with Crippen molar-refractivity contribution in [3.05, 3.63) is 60.3 Å².